The normalized spacial score (nSPS) is 15.4. The number of ether oxygens (including phenoxy) is 1. The van der Waals surface area contributed by atoms with Gasteiger partial charge in [0, 0.05) is 12.6 Å². The summed E-state index contributed by atoms with van der Waals surface area (Å²) in [5, 5.41) is 3.11. The summed E-state index contributed by atoms with van der Waals surface area (Å²) in [5.41, 5.74) is 1.96. The highest BCUT2D eigenvalue weighted by atomic mass is 19.1. The average molecular weight is 469 g/mol. The summed E-state index contributed by atoms with van der Waals surface area (Å²) in [6, 6.07) is 13.2. The molecule has 3 rings (SSSR count). The highest BCUT2D eigenvalue weighted by Crippen LogP contribution is 2.24. The zero-order valence-corrected chi connectivity index (χ0v) is 20.8. The minimum absolute atomic E-state index is 0.0292. The van der Waals surface area contributed by atoms with Gasteiger partial charge in [0.1, 0.15) is 17.6 Å². The molecule has 0 aromatic heterocycles. The third-order valence-corrected chi connectivity index (χ3v) is 6.47. The summed E-state index contributed by atoms with van der Waals surface area (Å²) in [4.78, 5) is 27.7. The summed E-state index contributed by atoms with van der Waals surface area (Å²) < 4.78 is 19.1. The first-order valence-corrected chi connectivity index (χ1v) is 12.2. The number of nitrogens with one attached hydrogen (secondary N) is 1. The van der Waals surface area contributed by atoms with E-state index >= 15 is 0 Å². The molecule has 2 amide bonds. The van der Waals surface area contributed by atoms with Crippen molar-refractivity contribution in [2.75, 3.05) is 6.61 Å². The number of rotatable bonds is 8. The first-order valence-electron chi connectivity index (χ1n) is 12.2. The molecule has 1 fully saturated rings. The van der Waals surface area contributed by atoms with Gasteiger partial charge in [0.15, 0.2) is 6.61 Å². The van der Waals surface area contributed by atoms with Crippen LogP contribution in [0.25, 0.3) is 0 Å². The van der Waals surface area contributed by atoms with Crippen LogP contribution in [0.5, 0.6) is 5.75 Å². The Morgan fingerprint density at radius 1 is 1.03 bits per heavy atom. The Morgan fingerprint density at radius 2 is 1.65 bits per heavy atom. The minimum atomic E-state index is -0.675. The lowest BCUT2D eigenvalue weighted by Crippen LogP contribution is -2.51. The lowest BCUT2D eigenvalue weighted by atomic mass is 9.87. The average Bonchev–Trinajstić information content (AvgIpc) is 2.82. The van der Waals surface area contributed by atoms with Gasteiger partial charge in [-0.3, -0.25) is 9.59 Å². The van der Waals surface area contributed by atoms with Gasteiger partial charge in [-0.2, -0.15) is 0 Å². The van der Waals surface area contributed by atoms with Crippen LogP contribution in [-0.2, 0) is 21.5 Å². The Morgan fingerprint density at radius 3 is 2.24 bits per heavy atom. The van der Waals surface area contributed by atoms with Crippen molar-refractivity contribution in [1.82, 2.24) is 10.2 Å². The molecule has 0 saturated heterocycles. The van der Waals surface area contributed by atoms with Crippen molar-refractivity contribution < 1.29 is 18.7 Å². The Balaban J connectivity index is 1.69. The summed E-state index contributed by atoms with van der Waals surface area (Å²) in [6.45, 7) is 8.16. The van der Waals surface area contributed by atoms with Crippen molar-refractivity contribution in [1.29, 1.82) is 0 Å². The van der Waals surface area contributed by atoms with Crippen molar-refractivity contribution in [3.8, 4) is 5.75 Å². The molecule has 0 unspecified atom stereocenters. The second-order valence-corrected chi connectivity index (χ2v) is 10.2. The maximum Gasteiger partial charge on any atom is 0.261 e. The zero-order chi connectivity index (χ0) is 24.7. The largest absolute Gasteiger partial charge is 0.484 e. The molecule has 0 aliphatic heterocycles. The first-order chi connectivity index (χ1) is 16.1. The quantitative estimate of drug-likeness (QED) is 0.567. The van der Waals surface area contributed by atoms with Crippen molar-refractivity contribution in [2.24, 2.45) is 0 Å². The Bertz CT molecular complexity index is 945. The standard InChI is InChI=1S/C28H37FN2O3/c1-20(27(33)30-24-8-6-5-7-9-24)31(18-21-10-14-23(29)15-11-21)26(32)19-34-25-16-12-22(13-17-25)28(2,3)4/h10-17,20,24H,5-9,18-19H2,1-4H3,(H,30,33)/t20-/m0/s1. The zero-order valence-electron chi connectivity index (χ0n) is 20.8. The van der Waals surface area contributed by atoms with Crippen LogP contribution in [0.4, 0.5) is 4.39 Å². The highest BCUT2D eigenvalue weighted by Gasteiger charge is 2.28. The number of benzene rings is 2. The van der Waals surface area contributed by atoms with Crippen molar-refractivity contribution in [2.45, 2.75) is 83.8 Å². The van der Waals surface area contributed by atoms with Crippen molar-refractivity contribution in [3.63, 3.8) is 0 Å². The van der Waals surface area contributed by atoms with E-state index in [0.717, 1.165) is 31.2 Å². The molecule has 184 valence electrons. The third kappa shape index (κ3) is 7.31. The van der Waals surface area contributed by atoms with Crippen LogP contribution < -0.4 is 10.1 Å². The van der Waals surface area contributed by atoms with Crippen LogP contribution in [0.15, 0.2) is 48.5 Å². The molecule has 2 aromatic rings. The van der Waals surface area contributed by atoms with Gasteiger partial charge in [-0.1, -0.05) is 64.3 Å². The van der Waals surface area contributed by atoms with Crippen LogP contribution in [-0.4, -0.2) is 35.4 Å². The van der Waals surface area contributed by atoms with E-state index in [1.165, 1.54) is 29.0 Å². The van der Waals surface area contributed by atoms with Gasteiger partial charge < -0.3 is 15.0 Å². The second kappa shape index (κ2) is 11.5. The summed E-state index contributed by atoms with van der Waals surface area (Å²) >= 11 is 0. The van der Waals surface area contributed by atoms with E-state index in [0.29, 0.717) is 5.75 Å². The number of carbonyl (C=O) groups is 2. The Hall–Kier alpha value is -2.89. The molecule has 34 heavy (non-hydrogen) atoms. The van der Waals surface area contributed by atoms with Crippen LogP contribution in [0.1, 0.15) is 70.9 Å². The van der Waals surface area contributed by atoms with E-state index in [2.05, 4.69) is 26.1 Å². The van der Waals surface area contributed by atoms with Crippen LogP contribution >= 0.6 is 0 Å². The number of hydrogen-bond donors (Lipinski definition) is 1. The summed E-state index contributed by atoms with van der Waals surface area (Å²) in [5.74, 6) is -0.207. The van der Waals surface area contributed by atoms with Crippen LogP contribution in [0, 0.1) is 5.82 Å². The molecule has 1 aliphatic carbocycles. The number of nitrogens with zero attached hydrogens (tertiary/aromatic N) is 1. The Kier molecular flexibility index (Phi) is 8.70. The fourth-order valence-electron chi connectivity index (χ4n) is 4.22. The SMILES string of the molecule is C[C@@H](C(=O)NC1CCCCC1)N(Cc1ccc(F)cc1)C(=O)COc1ccc(C(C)(C)C)cc1. The second-order valence-electron chi connectivity index (χ2n) is 10.2. The first kappa shape index (κ1) is 25.7. The van der Waals surface area contributed by atoms with Crippen LogP contribution in [0.2, 0.25) is 0 Å². The van der Waals surface area contributed by atoms with Gasteiger partial charge >= 0.3 is 0 Å². The molecule has 0 heterocycles. The van der Waals surface area contributed by atoms with E-state index in [1.54, 1.807) is 19.1 Å². The molecule has 5 nitrogen and oxygen atoms in total. The smallest absolute Gasteiger partial charge is 0.261 e. The van der Waals surface area contributed by atoms with E-state index in [-0.39, 0.29) is 42.2 Å². The van der Waals surface area contributed by atoms with E-state index in [9.17, 15) is 14.0 Å². The molecule has 1 atom stereocenters. The number of hydrogen-bond acceptors (Lipinski definition) is 3. The molecule has 1 saturated carbocycles. The van der Waals surface area contributed by atoms with E-state index in [4.69, 9.17) is 4.74 Å². The molecule has 0 bridgehead atoms. The van der Waals surface area contributed by atoms with Gasteiger partial charge in [0.05, 0.1) is 0 Å². The maximum absolute atomic E-state index is 13.4. The van der Waals surface area contributed by atoms with Gasteiger partial charge in [-0.15, -0.1) is 0 Å². The van der Waals surface area contributed by atoms with Crippen molar-refractivity contribution in [3.05, 3.63) is 65.5 Å². The molecular weight excluding hydrogens is 431 g/mol. The van der Waals surface area contributed by atoms with E-state index < -0.39 is 6.04 Å². The summed E-state index contributed by atoms with van der Waals surface area (Å²) in [7, 11) is 0. The topological polar surface area (TPSA) is 58.6 Å². The Labute approximate surface area is 202 Å². The number of amides is 2. The minimum Gasteiger partial charge on any atom is -0.484 e. The fraction of sp³-hybridized carbons (Fsp3) is 0.500. The van der Waals surface area contributed by atoms with Gasteiger partial charge in [0.25, 0.3) is 5.91 Å². The van der Waals surface area contributed by atoms with Crippen LogP contribution in [0.3, 0.4) is 0 Å². The molecule has 6 heteroatoms. The molecule has 1 aliphatic rings. The number of halogens is 1. The lowest BCUT2D eigenvalue weighted by Gasteiger charge is -2.31. The van der Waals surface area contributed by atoms with Gasteiger partial charge in [-0.25, -0.2) is 4.39 Å². The monoisotopic (exact) mass is 468 g/mol. The van der Waals surface area contributed by atoms with E-state index in [1.807, 2.05) is 24.3 Å². The van der Waals surface area contributed by atoms with Gasteiger partial charge in [0.2, 0.25) is 5.91 Å². The molecule has 1 N–H and O–H groups in total. The molecule has 0 radical (unpaired) electrons. The highest BCUT2D eigenvalue weighted by molar-refractivity contribution is 5.88. The molecular formula is C28H37FN2O3. The molecule has 2 aromatic carbocycles. The molecule has 0 spiro atoms. The summed E-state index contributed by atoms with van der Waals surface area (Å²) in [6.07, 6.45) is 5.36. The number of carbonyl (C=O) groups excluding carboxylic acids is 2. The predicted octanol–water partition coefficient (Wildman–Crippen LogP) is 5.37. The lowest BCUT2D eigenvalue weighted by molar-refractivity contribution is -0.142. The predicted molar refractivity (Wildman–Crippen MR) is 132 cm³/mol. The van der Waals surface area contributed by atoms with Crippen molar-refractivity contribution >= 4 is 11.8 Å². The van der Waals surface area contributed by atoms with Gasteiger partial charge in [-0.05, 0) is 60.6 Å². The fourth-order valence-corrected chi connectivity index (χ4v) is 4.22. The third-order valence-electron chi connectivity index (χ3n) is 6.47. The maximum atomic E-state index is 13.4.